The van der Waals surface area contributed by atoms with Gasteiger partial charge in [-0.2, -0.15) is 4.98 Å². The number of anilines is 5. The van der Waals surface area contributed by atoms with Gasteiger partial charge in [-0.25, -0.2) is 9.78 Å². The molecular weight excluding hydrogens is 574 g/mol. The summed E-state index contributed by atoms with van der Waals surface area (Å²) in [5, 5.41) is 13.1. The van der Waals surface area contributed by atoms with Crippen molar-refractivity contribution in [3.05, 3.63) is 65.4 Å². The number of hydrogen-bond acceptors (Lipinski definition) is 7. The zero-order valence-corrected chi connectivity index (χ0v) is 27.3. The minimum absolute atomic E-state index is 0.0372. The van der Waals surface area contributed by atoms with Crippen LogP contribution in [0.1, 0.15) is 61.6 Å². The van der Waals surface area contributed by atoms with Crippen molar-refractivity contribution in [3.63, 3.8) is 0 Å². The van der Waals surface area contributed by atoms with E-state index in [1.807, 2.05) is 11.1 Å². The standard InChI is InChI=1S/C37H47N7O2/c1-25-5-3-6-29(7-4-16-45)33(25)43-24-30-23-38-35(39-31-8-10-32(11-9-31)42-14-12-41(2)13-15-42)40-34(30)44(36(43)46)37-20-26-17-27(21-37)19-28(18-26)22-37/h3,5-6,8-11,23,26-28,45H,4,7,12-22,24H2,1-2H3,(H,38,39,40). The molecule has 9 nitrogen and oxygen atoms in total. The number of piperazine rings is 1. The Balaban J connectivity index is 1.14. The predicted molar refractivity (Wildman–Crippen MR) is 183 cm³/mol. The second kappa shape index (κ2) is 11.8. The number of nitrogens with zero attached hydrogens (tertiary/aromatic N) is 6. The third-order valence-electron chi connectivity index (χ3n) is 11.5. The number of carbonyl (C=O) groups is 1. The number of aryl methyl sites for hydroxylation is 2. The zero-order chi connectivity index (χ0) is 31.4. The zero-order valence-electron chi connectivity index (χ0n) is 27.3. The molecule has 3 aromatic rings. The van der Waals surface area contributed by atoms with Crippen molar-refractivity contribution in [3.8, 4) is 0 Å². The molecule has 242 valence electrons. The van der Waals surface area contributed by atoms with Crippen molar-refractivity contribution in [2.75, 3.05) is 59.9 Å². The minimum atomic E-state index is -0.205. The van der Waals surface area contributed by atoms with Gasteiger partial charge in [0.2, 0.25) is 5.95 Å². The second-order valence-corrected chi connectivity index (χ2v) is 14.8. The topological polar surface area (TPSA) is 88.1 Å². The van der Waals surface area contributed by atoms with Gasteiger partial charge in [0.15, 0.2) is 0 Å². The summed E-state index contributed by atoms with van der Waals surface area (Å²) in [7, 11) is 2.18. The molecule has 6 aliphatic rings. The monoisotopic (exact) mass is 621 g/mol. The lowest BCUT2D eigenvalue weighted by atomic mass is 9.52. The first-order valence-electron chi connectivity index (χ1n) is 17.4. The van der Waals surface area contributed by atoms with Crippen LogP contribution in [0.25, 0.3) is 0 Å². The summed E-state index contributed by atoms with van der Waals surface area (Å²) in [5.41, 5.74) is 6.12. The van der Waals surface area contributed by atoms with Crippen molar-refractivity contribution in [2.24, 2.45) is 17.8 Å². The van der Waals surface area contributed by atoms with Gasteiger partial charge in [-0.05, 0) is 118 Å². The molecule has 9 rings (SSSR count). The van der Waals surface area contributed by atoms with Gasteiger partial charge in [-0.15, -0.1) is 0 Å². The highest BCUT2D eigenvalue weighted by molar-refractivity contribution is 6.07. The van der Waals surface area contributed by atoms with E-state index in [1.165, 1.54) is 24.9 Å². The van der Waals surface area contributed by atoms with Crippen LogP contribution in [0.5, 0.6) is 0 Å². The van der Waals surface area contributed by atoms with Crippen molar-refractivity contribution < 1.29 is 9.90 Å². The average molecular weight is 622 g/mol. The second-order valence-electron chi connectivity index (χ2n) is 14.8. The maximum atomic E-state index is 15.0. The first-order chi connectivity index (χ1) is 22.4. The molecule has 4 bridgehead atoms. The van der Waals surface area contributed by atoms with Crippen LogP contribution < -0.4 is 20.0 Å². The lowest BCUT2D eigenvalue weighted by Crippen LogP contribution is -2.65. The molecule has 5 fully saturated rings. The summed E-state index contributed by atoms with van der Waals surface area (Å²) in [6, 6.07) is 14.8. The maximum absolute atomic E-state index is 15.0. The molecule has 1 aromatic heterocycles. The van der Waals surface area contributed by atoms with Crippen LogP contribution in [0.15, 0.2) is 48.7 Å². The summed E-state index contributed by atoms with van der Waals surface area (Å²) in [5.74, 6) is 3.38. The molecule has 4 aliphatic carbocycles. The van der Waals surface area contributed by atoms with E-state index in [4.69, 9.17) is 9.97 Å². The smallest absolute Gasteiger partial charge is 0.331 e. The molecule has 46 heavy (non-hydrogen) atoms. The Hall–Kier alpha value is -3.69. The Kier molecular flexibility index (Phi) is 7.64. The van der Waals surface area contributed by atoms with E-state index in [9.17, 15) is 9.90 Å². The highest BCUT2D eigenvalue weighted by Crippen LogP contribution is 2.59. The Morgan fingerprint density at radius 2 is 1.65 bits per heavy atom. The van der Waals surface area contributed by atoms with Crippen LogP contribution in [0.2, 0.25) is 0 Å². The van der Waals surface area contributed by atoms with Crippen molar-refractivity contribution in [2.45, 2.75) is 70.4 Å². The maximum Gasteiger partial charge on any atom is 0.331 e. The summed E-state index contributed by atoms with van der Waals surface area (Å²) in [4.78, 5) is 33.8. The van der Waals surface area contributed by atoms with Gasteiger partial charge in [0.1, 0.15) is 5.82 Å². The number of carbonyl (C=O) groups excluding carboxylic acids is 1. The fourth-order valence-electron chi connectivity index (χ4n) is 9.68. The number of benzene rings is 2. The van der Waals surface area contributed by atoms with Gasteiger partial charge in [0.05, 0.1) is 17.8 Å². The molecular formula is C37H47N7O2. The fraction of sp³-hybridized carbons (Fsp3) is 0.541. The van der Waals surface area contributed by atoms with Crippen molar-refractivity contribution in [1.82, 2.24) is 14.9 Å². The predicted octanol–water partition coefficient (Wildman–Crippen LogP) is 6.12. The fourth-order valence-corrected chi connectivity index (χ4v) is 9.68. The molecule has 0 spiro atoms. The van der Waals surface area contributed by atoms with E-state index in [2.05, 4.69) is 76.5 Å². The van der Waals surface area contributed by atoms with Crippen LogP contribution in [0.4, 0.5) is 33.6 Å². The van der Waals surface area contributed by atoms with Gasteiger partial charge >= 0.3 is 6.03 Å². The third-order valence-corrected chi connectivity index (χ3v) is 11.5. The Labute approximate surface area is 272 Å². The largest absolute Gasteiger partial charge is 0.396 e. The molecule has 4 saturated carbocycles. The lowest BCUT2D eigenvalue weighted by molar-refractivity contribution is -0.000910. The van der Waals surface area contributed by atoms with E-state index in [-0.39, 0.29) is 18.2 Å². The van der Waals surface area contributed by atoms with E-state index in [0.29, 0.717) is 36.7 Å². The van der Waals surface area contributed by atoms with Crippen LogP contribution in [-0.4, -0.2) is 71.4 Å². The number of fused-ring (bicyclic) bond motifs is 1. The number of urea groups is 1. The highest BCUT2D eigenvalue weighted by atomic mass is 16.3. The van der Waals surface area contributed by atoms with E-state index >= 15 is 0 Å². The van der Waals surface area contributed by atoms with Gasteiger partial charge in [-0.1, -0.05) is 18.2 Å². The summed E-state index contributed by atoms with van der Waals surface area (Å²) < 4.78 is 0. The number of hydrogen-bond donors (Lipinski definition) is 2. The summed E-state index contributed by atoms with van der Waals surface area (Å²) in [6.07, 6.45) is 10.4. The minimum Gasteiger partial charge on any atom is -0.396 e. The van der Waals surface area contributed by atoms with Gasteiger partial charge < -0.3 is 20.2 Å². The number of aromatic nitrogens is 2. The molecule has 0 radical (unpaired) electrons. The highest BCUT2D eigenvalue weighted by Gasteiger charge is 2.57. The average Bonchev–Trinajstić information content (AvgIpc) is 3.04. The molecule has 2 N–H and O–H groups in total. The molecule has 0 atom stereocenters. The third kappa shape index (κ3) is 5.31. The number of nitrogens with one attached hydrogen (secondary N) is 1. The quantitative estimate of drug-likeness (QED) is 0.313. The molecule has 2 aromatic carbocycles. The number of amides is 2. The Morgan fingerprint density at radius 3 is 2.33 bits per heavy atom. The lowest BCUT2D eigenvalue weighted by Gasteiger charge is -2.61. The van der Waals surface area contributed by atoms with Gasteiger partial charge in [0.25, 0.3) is 0 Å². The summed E-state index contributed by atoms with van der Waals surface area (Å²) in [6.45, 7) is 6.88. The Morgan fingerprint density at radius 1 is 0.957 bits per heavy atom. The first-order valence-corrected chi connectivity index (χ1v) is 17.4. The molecule has 0 unspecified atom stereocenters. The Bertz CT molecular complexity index is 1560. The normalized spacial score (nSPS) is 27.3. The van der Waals surface area contributed by atoms with Crippen LogP contribution in [0, 0.1) is 24.7 Å². The number of aliphatic hydroxyl groups excluding tert-OH is 1. The van der Waals surface area contributed by atoms with Gasteiger partial charge in [-0.3, -0.25) is 9.80 Å². The number of para-hydroxylation sites is 1. The van der Waals surface area contributed by atoms with E-state index < -0.39 is 0 Å². The molecule has 9 heteroatoms. The molecule has 1 saturated heterocycles. The van der Waals surface area contributed by atoms with Crippen LogP contribution in [0.3, 0.4) is 0 Å². The van der Waals surface area contributed by atoms with Crippen LogP contribution in [-0.2, 0) is 13.0 Å². The van der Waals surface area contributed by atoms with E-state index in [0.717, 1.165) is 85.7 Å². The molecule has 2 amide bonds. The van der Waals surface area contributed by atoms with Crippen molar-refractivity contribution >= 4 is 34.9 Å². The molecule has 3 heterocycles. The number of rotatable bonds is 8. The SMILES string of the molecule is Cc1cccc(CCCO)c1N1Cc2cnc(Nc3ccc(N4CCN(C)CC4)cc3)nc2N(C23CC4CC(CC(C4)C2)C3)C1=O. The van der Waals surface area contributed by atoms with Gasteiger partial charge in [0, 0.05) is 55.9 Å². The first kappa shape index (κ1) is 29.7. The number of likely N-dealkylation sites (N-methyl/N-ethyl adjacent to an activating group) is 1. The number of aliphatic hydroxyl groups is 1. The van der Waals surface area contributed by atoms with E-state index in [1.54, 1.807) is 0 Å². The van der Waals surface area contributed by atoms with Crippen molar-refractivity contribution in [1.29, 1.82) is 0 Å². The molecule has 2 aliphatic heterocycles. The summed E-state index contributed by atoms with van der Waals surface area (Å²) >= 11 is 0. The van der Waals surface area contributed by atoms with Crippen LogP contribution >= 0.6 is 0 Å².